The third-order valence-corrected chi connectivity index (χ3v) is 6.75. The molecule has 1 saturated heterocycles. The van der Waals surface area contributed by atoms with Gasteiger partial charge in [-0.3, -0.25) is 5.43 Å². The molecule has 206 valence electrons. The molecule has 1 aliphatic heterocycles. The smallest absolute Gasteiger partial charge is 0.152 e. The average molecular weight is 520 g/mol. The van der Waals surface area contributed by atoms with Gasteiger partial charge >= 0.3 is 0 Å². The van der Waals surface area contributed by atoms with Gasteiger partial charge in [0.2, 0.25) is 0 Å². The van der Waals surface area contributed by atoms with Gasteiger partial charge in [0.05, 0.1) is 26.0 Å². The molecule has 2 fully saturated rings. The molecule has 0 bridgehead atoms. The number of aryl methyl sites for hydroxylation is 1. The number of hydrazone groups is 1. The Kier molecular flexibility index (Phi) is 12.5. The first-order valence-corrected chi connectivity index (χ1v) is 14.0. The Labute approximate surface area is 229 Å². The molecule has 1 aromatic heterocycles. The summed E-state index contributed by atoms with van der Waals surface area (Å²) in [4.78, 5) is 12.2. The Morgan fingerprint density at radius 2 is 1.87 bits per heavy atom. The van der Waals surface area contributed by atoms with Crippen LogP contribution in [0.25, 0.3) is 0 Å². The largest absolute Gasteiger partial charge is 0.381 e. The van der Waals surface area contributed by atoms with Crippen LogP contribution in [0.4, 0.5) is 11.6 Å². The van der Waals surface area contributed by atoms with Gasteiger partial charge in [-0.05, 0) is 57.4 Å². The Hall–Kier alpha value is -3.03. The lowest BCUT2D eigenvalue weighted by Crippen LogP contribution is -2.37. The van der Waals surface area contributed by atoms with Gasteiger partial charge < -0.3 is 14.4 Å². The fourth-order valence-electron chi connectivity index (χ4n) is 4.71. The molecule has 2 aromatic rings. The molecule has 7 heteroatoms. The van der Waals surface area contributed by atoms with E-state index in [1.165, 1.54) is 5.56 Å². The Morgan fingerprint density at radius 1 is 1.13 bits per heavy atom. The van der Waals surface area contributed by atoms with Crippen LogP contribution in [0.15, 0.2) is 60.2 Å². The van der Waals surface area contributed by atoms with Crippen LogP contribution in [0, 0.1) is 18.8 Å². The Morgan fingerprint density at radius 3 is 2.55 bits per heavy atom. The normalized spacial score (nSPS) is 20.8. The third-order valence-electron chi connectivity index (χ3n) is 6.75. The quantitative estimate of drug-likeness (QED) is 0.200. The lowest BCUT2D eigenvalue weighted by Gasteiger charge is -2.28. The van der Waals surface area contributed by atoms with Crippen LogP contribution in [0.1, 0.15) is 62.9 Å². The first-order chi connectivity index (χ1) is 18.6. The van der Waals surface area contributed by atoms with Crippen molar-refractivity contribution in [1.82, 2.24) is 9.97 Å². The van der Waals surface area contributed by atoms with Gasteiger partial charge in [-0.2, -0.15) is 5.10 Å². The molecular formula is C31H45N5O2. The highest BCUT2D eigenvalue weighted by Gasteiger charge is 2.52. The maximum atomic E-state index is 5.83. The predicted octanol–water partition coefficient (Wildman–Crippen LogP) is 6.37. The summed E-state index contributed by atoms with van der Waals surface area (Å²) in [5, 5.41) is 4.46. The zero-order chi connectivity index (χ0) is 27.2. The summed E-state index contributed by atoms with van der Waals surface area (Å²) in [6.07, 6.45) is 11.4. The highest BCUT2D eigenvalue weighted by molar-refractivity contribution is 5.80. The monoisotopic (exact) mass is 519 g/mol. The molecule has 0 spiro atoms. The first kappa shape index (κ1) is 29.5. The van der Waals surface area contributed by atoms with E-state index < -0.39 is 0 Å². The van der Waals surface area contributed by atoms with E-state index in [-0.39, 0.29) is 0 Å². The average Bonchev–Trinajstić information content (AvgIpc) is 3.64. The molecule has 0 amide bonds. The number of hydrogen-bond acceptors (Lipinski definition) is 7. The number of ether oxygens (including phenoxy) is 2. The van der Waals surface area contributed by atoms with Crippen LogP contribution < -0.4 is 10.3 Å². The summed E-state index contributed by atoms with van der Waals surface area (Å²) >= 11 is 0. The molecule has 2 heterocycles. The number of nitrogens with zero attached hydrogens (tertiary/aromatic N) is 4. The van der Waals surface area contributed by atoms with Crippen molar-refractivity contribution in [2.45, 2.75) is 52.9 Å². The second-order valence-corrected chi connectivity index (χ2v) is 9.73. The van der Waals surface area contributed by atoms with Crippen LogP contribution in [-0.4, -0.2) is 55.7 Å². The molecule has 0 radical (unpaired) electrons. The van der Waals surface area contributed by atoms with Gasteiger partial charge in [-0.1, -0.05) is 55.0 Å². The van der Waals surface area contributed by atoms with Crippen molar-refractivity contribution in [2.24, 2.45) is 16.9 Å². The summed E-state index contributed by atoms with van der Waals surface area (Å²) in [5.74, 6) is 3.90. The van der Waals surface area contributed by atoms with E-state index in [4.69, 9.17) is 19.4 Å². The minimum absolute atomic E-state index is 0.319. The Balaban J connectivity index is 0.00000127. The molecule has 4 rings (SSSR count). The molecule has 1 saturated carbocycles. The second-order valence-electron chi connectivity index (χ2n) is 9.73. The van der Waals surface area contributed by atoms with Crippen LogP contribution in [0.5, 0.6) is 0 Å². The van der Waals surface area contributed by atoms with Crippen molar-refractivity contribution in [3.8, 4) is 0 Å². The van der Waals surface area contributed by atoms with Crippen LogP contribution >= 0.6 is 0 Å². The maximum absolute atomic E-state index is 5.83. The second kappa shape index (κ2) is 16.0. The number of allylic oxidation sites excluding steroid dienone is 3. The van der Waals surface area contributed by atoms with Gasteiger partial charge in [0.15, 0.2) is 5.82 Å². The number of morpholine rings is 1. The lowest BCUT2D eigenvalue weighted by atomic mass is 10.1. The zero-order valence-corrected chi connectivity index (χ0v) is 23.6. The number of anilines is 2. The van der Waals surface area contributed by atoms with E-state index >= 15 is 0 Å². The number of hydrogen-bond donors (Lipinski definition) is 1. The third kappa shape index (κ3) is 9.07. The number of nitrogens with one attached hydrogen (secondary N) is 1. The van der Waals surface area contributed by atoms with Crippen molar-refractivity contribution >= 4 is 17.9 Å². The van der Waals surface area contributed by atoms with Crippen molar-refractivity contribution in [2.75, 3.05) is 49.8 Å². The molecule has 7 nitrogen and oxygen atoms in total. The minimum atomic E-state index is 0.319. The van der Waals surface area contributed by atoms with E-state index in [1.54, 1.807) is 6.08 Å². The summed E-state index contributed by atoms with van der Waals surface area (Å²) in [7, 11) is 0. The standard InChI is InChI=1S/C28H39N5O2.C3H6/c1-4-6-7-8-9-23-24(20-34-5-2)27(23)28-30-25(18-26(31-28)33-14-16-35-17-15-33)32-29-19-22-12-10-21(3)11-13-22;1-3-2/h6-7,10-13,18-19,23-24,27H,4-5,8-9,14-17,20H2,1-3H3,(H,30,31,32);3H,1H2,2H3/b7-6+,29-19+;. The summed E-state index contributed by atoms with van der Waals surface area (Å²) in [5.41, 5.74) is 5.44. The molecule has 1 aromatic carbocycles. The van der Waals surface area contributed by atoms with Crippen molar-refractivity contribution in [3.63, 3.8) is 0 Å². The predicted molar refractivity (Wildman–Crippen MR) is 158 cm³/mol. The highest BCUT2D eigenvalue weighted by atomic mass is 16.5. The summed E-state index contributed by atoms with van der Waals surface area (Å²) < 4.78 is 11.4. The lowest BCUT2D eigenvalue weighted by molar-refractivity contribution is 0.122. The fourth-order valence-corrected chi connectivity index (χ4v) is 4.71. The van der Waals surface area contributed by atoms with Crippen LogP contribution in [0.2, 0.25) is 0 Å². The molecule has 3 unspecified atom stereocenters. The molecule has 2 aliphatic rings. The molecule has 38 heavy (non-hydrogen) atoms. The van der Waals surface area contributed by atoms with Gasteiger partial charge in [0, 0.05) is 31.7 Å². The van der Waals surface area contributed by atoms with E-state index in [1.807, 2.05) is 19.2 Å². The van der Waals surface area contributed by atoms with E-state index in [0.717, 1.165) is 81.8 Å². The Bertz CT molecular complexity index is 1030. The van der Waals surface area contributed by atoms with Crippen molar-refractivity contribution < 1.29 is 9.47 Å². The van der Waals surface area contributed by atoms with E-state index in [9.17, 15) is 0 Å². The summed E-state index contributed by atoms with van der Waals surface area (Å²) in [6.45, 7) is 16.2. The molecular weight excluding hydrogens is 474 g/mol. The molecule has 1 aliphatic carbocycles. The summed E-state index contributed by atoms with van der Waals surface area (Å²) in [6, 6.07) is 10.3. The maximum Gasteiger partial charge on any atom is 0.152 e. The van der Waals surface area contributed by atoms with Gasteiger partial charge in [-0.25, -0.2) is 9.97 Å². The number of aromatic nitrogens is 2. The van der Waals surface area contributed by atoms with Gasteiger partial charge in [0.1, 0.15) is 11.6 Å². The van der Waals surface area contributed by atoms with Gasteiger partial charge in [0.25, 0.3) is 0 Å². The topological polar surface area (TPSA) is 71.9 Å². The molecule has 3 atom stereocenters. The van der Waals surface area contributed by atoms with Gasteiger partial charge in [-0.15, -0.1) is 6.58 Å². The zero-order valence-electron chi connectivity index (χ0n) is 23.6. The van der Waals surface area contributed by atoms with E-state index in [0.29, 0.717) is 17.8 Å². The number of benzene rings is 1. The SMILES string of the molecule is C=CC.CC/C=C/CCC1C(COCC)C1c1nc(N/N=C/c2ccc(C)cc2)cc(N2CCOCC2)n1. The first-order valence-electron chi connectivity index (χ1n) is 14.0. The molecule has 1 N–H and O–H groups in total. The van der Waals surface area contributed by atoms with Crippen molar-refractivity contribution in [1.29, 1.82) is 0 Å². The fraction of sp³-hybridized carbons (Fsp3) is 0.516. The number of rotatable bonds is 12. The highest BCUT2D eigenvalue weighted by Crippen LogP contribution is 2.55. The van der Waals surface area contributed by atoms with Crippen LogP contribution in [0.3, 0.4) is 0 Å². The minimum Gasteiger partial charge on any atom is -0.381 e. The van der Waals surface area contributed by atoms with Crippen LogP contribution in [-0.2, 0) is 9.47 Å². The van der Waals surface area contributed by atoms with Crippen molar-refractivity contribution in [3.05, 3.63) is 72.1 Å². The van der Waals surface area contributed by atoms with E-state index in [2.05, 4.69) is 79.2 Å².